The number of sulfonamides is 1. The van der Waals surface area contributed by atoms with E-state index in [1.807, 2.05) is 0 Å². The van der Waals surface area contributed by atoms with Crippen LogP contribution in [0.4, 0.5) is 4.39 Å². The molecule has 1 saturated heterocycles. The van der Waals surface area contributed by atoms with E-state index in [9.17, 15) is 12.8 Å². The maximum absolute atomic E-state index is 13.5. The fourth-order valence-corrected chi connectivity index (χ4v) is 3.58. The monoisotopic (exact) mass is 318 g/mol. The predicted molar refractivity (Wildman–Crippen MR) is 76.5 cm³/mol. The second-order valence-electron chi connectivity index (χ2n) is 4.54. The Balaban J connectivity index is 2.38. The van der Waals surface area contributed by atoms with Crippen molar-refractivity contribution in [3.8, 4) is 0 Å². The summed E-state index contributed by atoms with van der Waals surface area (Å²) in [6.07, 6.45) is 0.638. The van der Waals surface area contributed by atoms with Gasteiger partial charge in [-0.15, -0.1) is 0 Å². The van der Waals surface area contributed by atoms with Crippen LogP contribution < -0.4 is 5.73 Å². The first kappa shape index (κ1) is 15.3. The Kier molecular flexibility index (Phi) is 4.38. The first-order valence-electron chi connectivity index (χ1n) is 5.99. The van der Waals surface area contributed by atoms with Crippen LogP contribution in [-0.4, -0.2) is 44.0 Å². The number of rotatable bonds is 4. The summed E-state index contributed by atoms with van der Waals surface area (Å²) in [5.74, 6) is -0.636. The third-order valence-corrected chi connectivity index (χ3v) is 5.43. The van der Waals surface area contributed by atoms with Crippen LogP contribution in [0.2, 0.25) is 0 Å². The van der Waals surface area contributed by atoms with Gasteiger partial charge < -0.3 is 10.5 Å². The lowest BCUT2D eigenvalue weighted by atomic mass is 10.2. The molecule has 0 aromatic heterocycles. The number of hydrogen-bond donors (Lipinski definition) is 1. The topological polar surface area (TPSA) is 72.6 Å². The highest BCUT2D eigenvalue weighted by Crippen LogP contribution is 2.22. The van der Waals surface area contributed by atoms with Crippen molar-refractivity contribution in [3.63, 3.8) is 0 Å². The van der Waals surface area contributed by atoms with Crippen LogP contribution in [0, 0.1) is 5.82 Å². The molecule has 1 aromatic rings. The summed E-state index contributed by atoms with van der Waals surface area (Å²) in [6.45, 7) is 0.894. The average molecular weight is 318 g/mol. The van der Waals surface area contributed by atoms with Gasteiger partial charge in [0.15, 0.2) is 0 Å². The Morgan fingerprint density at radius 1 is 1.55 bits per heavy atom. The lowest BCUT2D eigenvalue weighted by Gasteiger charge is -2.22. The molecule has 1 aliphatic heterocycles. The van der Waals surface area contributed by atoms with Crippen molar-refractivity contribution in [2.75, 3.05) is 20.3 Å². The second kappa shape index (κ2) is 5.72. The zero-order chi connectivity index (χ0) is 14.9. The molecule has 0 radical (unpaired) electrons. The number of nitrogens with zero attached hydrogens (tertiary/aromatic N) is 1. The molecule has 0 aliphatic carbocycles. The lowest BCUT2D eigenvalue weighted by Crippen LogP contribution is -2.37. The maximum atomic E-state index is 13.5. The molecule has 0 spiro atoms. The third kappa shape index (κ3) is 2.83. The molecule has 2 N–H and O–H groups in total. The fourth-order valence-electron chi connectivity index (χ4n) is 2.03. The average Bonchev–Trinajstić information content (AvgIpc) is 2.91. The zero-order valence-corrected chi connectivity index (χ0v) is 12.5. The van der Waals surface area contributed by atoms with Gasteiger partial charge in [-0.3, -0.25) is 0 Å². The number of nitrogens with two attached hydrogens (primary N) is 1. The summed E-state index contributed by atoms with van der Waals surface area (Å²) in [6, 6.07) is 3.22. The second-order valence-corrected chi connectivity index (χ2v) is 6.98. The Bertz CT molecular complexity index is 628. The van der Waals surface area contributed by atoms with Crippen LogP contribution in [0.1, 0.15) is 12.0 Å². The minimum Gasteiger partial charge on any atom is -0.389 e. The lowest BCUT2D eigenvalue weighted by molar-refractivity contribution is 0.181. The van der Waals surface area contributed by atoms with E-state index in [0.717, 1.165) is 6.07 Å². The molecule has 1 heterocycles. The molecule has 1 unspecified atom stereocenters. The van der Waals surface area contributed by atoms with Crippen LogP contribution in [0.15, 0.2) is 23.1 Å². The maximum Gasteiger partial charge on any atom is 0.243 e. The third-order valence-electron chi connectivity index (χ3n) is 3.30. The smallest absolute Gasteiger partial charge is 0.243 e. The van der Waals surface area contributed by atoms with E-state index < -0.39 is 15.8 Å². The summed E-state index contributed by atoms with van der Waals surface area (Å²) in [4.78, 5) is -0.206. The Morgan fingerprint density at radius 3 is 2.80 bits per heavy atom. The van der Waals surface area contributed by atoms with Gasteiger partial charge in [-0.25, -0.2) is 12.8 Å². The molecule has 1 fully saturated rings. The van der Waals surface area contributed by atoms with Crippen molar-refractivity contribution in [1.82, 2.24) is 4.31 Å². The van der Waals surface area contributed by atoms with Crippen molar-refractivity contribution >= 4 is 27.2 Å². The Hall–Kier alpha value is -1.09. The van der Waals surface area contributed by atoms with Gasteiger partial charge in [-0.05, 0) is 24.6 Å². The summed E-state index contributed by atoms with van der Waals surface area (Å²) in [5, 5.41) is 0. The van der Waals surface area contributed by atoms with Crippen LogP contribution in [0.25, 0.3) is 0 Å². The molecule has 1 aromatic carbocycles. The summed E-state index contributed by atoms with van der Waals surface area (Å²) < 4.78 is 44.9. The number of likely N-dealkylation sites (N-methyl/N-ethyl adjacent to an activating group) is 1. The van der Waals surface area contributed by atoms with Gasteiger partial charge in [-0.2, -0.15) is 4.31 Å². The predicted octanol–water partition coefficient (Wildman–Crippen LogP) is 0.869. The van der Waals surface area contributed by atoms with Crippen molar-refractivity contribution in [1.29, 1.82) is 0 Å². The quantitative estimate of drug-likeness (QED) is 0.834. The molecule has 0 amide bonds. The number of thiocarbonyl (C=S) groups is 1. The molecule has 2 rings (SSSR count). The molecular weight excluding hydrogens is 303 g/mol. The van der Waals surface area contributed by atoms with Crippen molar-refractivity contribution in [2.24, 2.45) is 5.73 Å². The van der Waals surface area contributed by atoms with E-state index in [2.05, 4.69) is 0 Å². The van der Waals surface area contributed by atoms with Gasteiger partial charge in [0, 0.05) is 19.2 Å². The number of halogens is 1. The highest BCUT2D eigenvalue weighted by molar-refractivity contribution is 7.89. The Morgan fingerprint density at radius 2 is 2.25 bits per heavy atom. The van der Waals surface area contributed by atoms with Gasteiger partial charge in [0.05, 0.1) is 17.5 Å². The molecular formula is C12H15FN2O3S2. The highest BCUT2D eigenvalue weighted by Gasteiger charge is 2.31. The molecule has 8 heteroatoms. The zero-order valence-electron chi connectivity index (χ0n) is 10.9. The first-order valence-corrected chi connectivity index (χ1v) is 7.84. The molecule has 1 aliphatic rings. The van der Waals surface area contributed by atoms with Gasteiger partial charge in [0.2, 0.25) is 10.0 Å². The van der Waals surface area contributed by atoms with Gasteiger partial charge in [0.1, 0.15) is 10.8 Å². The number of hydrogen-bond acceptors (Lipinski definition) is 4. The molecule has 110 valence electrons. The van der Waals surface area contributed by atoms with Gasteiger partial charge in [0.25, 0.3) is 0 Å². The largest absolute Gasteiger partial charge is 0.389 e. The van der Waals surface area contributed by atoms with Crippen molar-refractivity contribution in [2.45, 2.75) is 17.4 Å². The standard InChI is InChI=1S/C12H15FN2O3S2/c1-15(8-4-5-18-7-8)20(16,17)9-2-3-11(13)10(6-9)12(14)19/h2-3,6,8H,4-5,7H2,1H3,(H2,14,19). The van der Waals surface area contributed by atoms with Crippen LogP contribution >= 0.6 is 12.2 Å². The van der Waals surface area contributed by atoms with Crippen molar-refractivity contribution < 1.29 is 17.5 Å². The summed E-state index contributed by atoms with van der Waals surface area (Å²) >= 11 is 4.71. The minimum absolute atomic E-state index is 0.0314. The molecule has 0 bridgehead atoms. The molecule has 20 heavy (non-hydrogen) atoms. The number of benzene rings is 1. The van der Waals surface area contributed by atoms with E-state index in [1.54, 1.807) is 0 Å². The first-order chi connectivity index (χ1) is 9.34. The van der Waals surface area contributed by atoms with E-state index >= 15 is 0 Å². The van der Waals surface area contributed by atoms with Gasteiger partial charge >= 0.3 is 0 Å². The highest BCUT2D eigenvalue weighted by atomic mass is 32.2. The van der Waals surface area contributed by atoms with E-state index in [0.29, 0.717) is 19.6 Å². The van der Waals surface area contributed by atoms with Crippen LogP contribution in [-0.2, 0) is 14.8 Å². The SMILES string of the molecule is CN(C1CCOC1)S(=O)(=O)c1ccc(F)c(C(N)=S)c1. The van der Waals surface area contributed by atoms with Gasteiger partial charge in [-0.1, -0.05) is 12.2 Å². The van der Waals surface area contributed by atoms with E-state index in [-0.39, 0.29) is 21.5 Å². The summed E-state index contributed by atoms with van der Waals surface area (Å²) in [7, 11) is -2.24. The molecule has 0 saturated carbocycles. The normalized spacial score (nSPS) is 19.4. The Labute approximate surface area is 122 Å². The minimum atomic E-state index is -3.72. The molecule has 1 atom stereocenters. The summed E-state index contributed by atoms with van der Waals surface area (Å²) in [5.41, 5.74) is 5.32. The molecule has 5 nitrogen and oxygen atoms in total. The van der Waals surface area contributed by atoms with E-state index in [4.69, 9.17) is 22.7 Å². The van der Waals surface area contributed by atoms with Crippen LogP contribution in [0.3, 0.4) is 0 Å². The van der Waals surface area contributed by atoms with Crippen molar-refractivity contribution in [3.05, 3.63) is 29.6 Å². The number of ether oxygens (including phenoxy) is 1. The fraction of sp³-hybridized carbons (Fsp3) is 0.417. The van der Waals surface area contributed by atoms with E-state index in [1.165, 1.54) is 23.5 Å². The van der Waals surface area contributed by atoms with Crippen LogP contribution in [0.5, 0.6) is 0 Å².